The molecule has 0 radical (unpaired) electrons. The highest BCUT2D eigenvalue weighted by atomic mass is 35.5. The van der Waals surface area contributed by atoms with Gasteiger partial charge in [-0.05, 0) is 67.1 Å². The Morgan fingerprint density at radius 2 is 1.71 bits per heavy atom. The Hall–Kier alpha value is -1.38. The van der Waals surface area contributed by atoms with E-state index in [9.17, 15) is 4.39 Å². The predicted octanol–water partition coefficient (Wildman–Crippen LogP) is 7.41. The van der Waals surface area contributed by atoms with Crippen molar-refractivity contribution in [1.29, 1.82) is 0 Å². The van der Waals surface area contributed by atoms with E-state index >= 15 is 0 Å². The molecule has 3 heteroatoms. The monoisotopic (exact) mass is 400 g/mol. The molecule has 1 aliphatic heterocycles. The van der Waals surface area contributed by atoms with Gasteiger partial charge in [0.2, 0.25) is 0 Å². The summed E-state index contributed by atoms with van der Waals surface area (Å²) in [6, 6.07) is 12.8. The van der Waals surface area contributed by atoms with Gasteiger partial charge in [0.15, 0.2) is 0 Å². The van der Waals surface area contributed by atoms with E-state index in [0.717, 1.165) is 23.8 Å². The normalized spacial score (nSPS) is 24.3. The van der Waals surface area contributed by atoms with Gasteiger partial charge in [-0.3, -0.25) is 0 Å². The molecule has 0 N–H and O–H groups in total. The summed E-state index contributed by atoms with van der Waals surface area (Å²) in [4.78, 5) is 0. The zero-order valence-electron chi connectivity index (χ0n) is 16.7. The summed E-state index contributed by atoms with van der Waals surface area (Å²) >= 11 is 6.20. The smallest absolute Gasteiger partial charge is 0.145 e. The Kier molecular flexibility index (Phi) is 6.38. The molecule has 1 nitrogen and oxygen atoms in total. The van der Waals surface area contributed by atoms with Crippen LogP contribution in [0.25, 0.3) is 0 Å². The largest absolute Gasteiger partial charge is 0.368 e. The average Bonchev–Trinajstić information content (AvgIpc) is 3.56. The molecule has 0 amide bonds. The first kappa shape index (κ1) is 19.9. The molecule has 4 rings (SSSR count). The van der Waals surface area contributed by atoms with Crippen LogP contribution in [0, 0.1) is 11.7 Å². The van der Waals surface area contributed by atoms with Crippen molar-refractivity contribution in [3.05, 3.63) is 69.5 Å². The molecule has 0 aromatic heterocycles. The summed E-state index contributed by atoms with van der Waals surface area (Å²) in [5.74, 6) is 1.38. The minimum Gasteiger partial charge on any atom is -0.368 e. The van der Waals surface area contributed by atoms with Crippen LogP contribution in [0.3, 0.4) is 0 Å². The highest BCUT2D eigenvalue weighted by Crippen LogP contribution is 2.38. The molecule has 2 aromatic rings. The van der Waals surface area contributed by atoms with Crippen molar-refractivity contribution < 1.29 is 9.13 Å². The standard InChI is InChI=1S/C25H30ClFO/c1-2-3-17-4-9-19(10-5-17)20-11-6-18(7-12-20)8-13-21-14-15-22(23-16-28-23)24(26)25(21)27/h6-7,11-12,14-15,17,19,23H,2-5,8-10,13,16H2,1H3. The number of benzene rings is 2. The molecule has 1 heterocycles. The number of aryl methyl sites for hydroxylation is 2. The number of hydrogen-bond acceptors (Lipinski definition) is 1. The maximum absolute atomic E-state index is 14.6. The van der Waals surface area contributed by atoms with Gasteiger partial charge in [-0.15, -0.1) is 0 Å². The number of epoxide rings is 1. The quantitative estimate of drug-likeness (QED) is 0.441. The van der Waals surface area contributed by atoms with Crippen LogP contribution >= 0.6 is 11.6 Å². The van der Waals surface area contributed by atoms with Crippen molar-refractivity contribution in [1.82, 2.24) is 0 Å². The first-order valence-corrected chi connectivity index (χ1v) is 11.2. The Morgan fingerprint density at radius 1 is 1.00 bits per heavy atom. The molecule has 0 spiro atoms. The molecule has 1 unspecified atom stereocenters. The fraction of sp³-hybridized carbons (Fsp3) is 0.520. The molecule has 1 atom stereocenters. The fourth-order valence-corrected chi connectivity index (χ4v) is 5.01. The lowest BCUT2D eigenvalue weighted by Gasteiger charge is -2.28. The molecule has 2 fully saturated rings. The van der Waals surface area contributed by atoms with Crippen molar-refractivity contribution in [3.63, 3.8) is 0 Å². The van der Waals surface area contributed by atoms with Crippen molar-refractivity contribution in [2.75, 3.05) is 6.61 Å². The summed E-state index contributed by atoms with van der Waals surface area (Å²) in [7, 11) is 0. The van der Waals surface area contributed by atoms with Crippen LogP contribution in [0.2, 0.25) is 5.02 Å². The minimum atomic E-state index is -0.282. The third-order valence-corrected chi connectivity index (χ3v) is 6.93. The first-order valence-electron chi connectivity index (χ1n) is 10.8. The van der Waals surface area contributed by atoms with Crippen molar-refractivity contribution in [2.24, 2.45) is 5.92 Å². The van der Waals surface area contributed by atoms with E-state index in [4.69, 9.17) is 16.3 Å². The lowest BCUT2D eigenvalue weighted by molar-refractivity contribution is 0.308. The number of rotatable bonds is 7. The second-order valence-electron chi connectivity index (χ2n) is 8.51. The first-order chi connectivity index (χ1) is 13.7. The van der Waals surface area contributed by atoms with E-state index in [1.54, 1.807) is 0 Å². The van der Waals surface area contributed by atoms with Gasteiger partial charge in [0.25, 0.3) is 0 Å². The van der Waals surface area contributed by atoms with E-state index < -0.39 is 0 Å². The highest BCUT2D eigenvalue weighted by Gasteiger charge is 2.29. The number of halogens is 2. The summed E-state index contributed by atoms with van der Waals surface area (Å²) in [5.41, 5.74) is 4.20. The molecule has 150 valence electrons. The molecule has 1 saturated carbocycles. The van der Waals surface area contributed by atoms with Crippen molar-refractivity contribution in [2.45, 2.75) is 70.3 Å². The average molecular weight is 401 g/mol. The van der Waals surface area contributed by atoms with Crippen molar-refractivity contribution in [3.8, 4) is 0 Å². The molecular weight excluding hydrogens is 371 g/mol. The van der Waals surface area contributed by atoms with Gasteiger partial charge in [-0.1, -0.05) is 67.8 Å². The number of hydrogen-bond donors (Lipinski definition) is 0. The molecule has 2 aliphatic rings. The molecule has 1 aliphatic carbocycles. The topological polar surface area (TPSA) is 12.5 Å². The van der Waals surface area contributed by atoms with Gasteiger partial charge in [0.05, 0.1) is 11.6 Å². The minimum absolute atomic E-state index is 0.0133. The van der Waals surface area contributed by atoms with Crippen molar-refractivity contribution >= 4 is 11.6 Å². The summed E-state index contributed by atoms with van der Waals surface area (Å²) in [5, 5.41) is 0.231. The zero-order chi connectivity index (χ0) is 19.5. The van der Waals surface area contributed by atoms with E-state index in [1.807, 2.05) is 12.1 Å². The van der Waals surface area contributed by atoms with Crippen LogP contribution in [0.5, 0.6) is 0 Å². The van der Waals surface area contributed by atoms with Crippen LogP contribution < -0.4 is 0 Å². The summed E-state index contributed by atoms with van der Waals surface area (Å²) in [6.07, 6.45) is 9.59. The maximum atomic E-state index is 14.6. The van der Waals surface area contributed by atoms with Gasteiger partial charge in [-0.25, -0.2) is 4.39 Å². The second kappa shape index (κ2) is 8.97. The Balaban J connectivity index is 1.33. The molecule has 0 bridgehead atoms. The van der Waals surface area contributed by atoms with Crippen LogP contribution in [0.15, 0.2) is 36.4 Å². The van der Waals surface area contributed by atoms with Gasteiger partial charge >= 0.3 is 0 Å². The molecule has 1 saturated heterocycles. The maximum Gasteiger partial charge on any atom is 0.145 e. The van der Waals surface area contributed by atoms with Crippen LogP contribution in [0.4, 0.5) is 4.39 Å². The van der Waals surface area contributed by atoms with E-state index in [-0.39, 0.29) is 16.9 Å². The van der Waals surface area contributed by atoms with E-state index in [0.29, 0.717) is 18.6 Å². The lowest BCUT2D eigenvalue weighted by atomic mass is 9.77. The van der Waals surface area contributed by atoms with E-state index in [2.05, 4.69) is 31.2 Å². The fourth-order valence-electron chi connectivity index (χ4n) is 4.70. The SMILES string of the molecule is CCCC1CCC(c2ccc(CCc3ccc(C4CO4)c(Cl)c3F)cc2)CC1. The zero-order valence-corrected chi connectivity index (χ0v) is 17.5. The molecule has 28 heavy (non-hydrogen) atoms. The molecule has 2 aromatic carbocycles. The second-order valence-corrected chi connectivity index (χ2v) is 8.89. The Labute approximate surface area is 173 Å². The van der Waals surface area contributed by atoms with Gasteiger partial charge in [0, 0.05) is 5.56 Å². The van der Waals surface area contributed by atoms with Crippen LogP contribution in [-0.2, 0) is 17.6 Å². The number of ether oxygens (including phenoxy) is 1. The lowest BCUT2D eigenvalue weighted by Crippen LogP contribution is -2.13. The highest BCUT2D eigenvalue weighted by molar-refractivity contribution is 6.31. The Bertz CT molecular complexity index is 789. The molecular formula is C25H30ClFO. The van der Waals surface area contributed by atoms with E-state index in [1.165, 1.54) is 49.7 Å². The van der Waals surface area contributed by atoms with Crippen LogP contribution in [0.1, 0.15) is 79.7 Å². The third kappa shape index (κ3) is 4.60. The van der Waals surface area contributed by atoms with Gasteiger partial charge < -0.3 is 4.74 Å². The Morgan fingerprint density at radius 3 is 2.36 bits per heavy atom. The third-order valence-electron chi connectivity index (χ3n) is 6.55. The summed E-state index contributed by atoms with van der Waals surface area (Å²) in [6.45, 7) is 2.94. The predicted molar refractivity (Wildman–Crippen MR) is 114 cm³/mol. The van der Waals surface area contributed by atoms with Crippen LogP contribution in [-0.4, -0.2) is 6.61 Å². The summed E-state index contributed by atoms with van der Waals surface area (Å²) < 4.78 is 19.8. The van der Waals surface area contributed by atoms with Gasteiger partial charge in [0.1, 0.15) is 11.9 Å². The van der Waals surface area contributed by atoms with Gasteiger partial charge in [-0.2, -0.15) is 0 Å².